The molecule has 148 valence electrons. The topological polar surface area (TPSA) is 87.2 Å². The van der Waals surface area contributed by atoms with E-state index in [0.717, 1.165) is 35.9 Å². The highest BCUT2D eigenvalue weighted by Gasteiger charge is 2.13. The molecule has 2 rings (SSSR count). The van der Waals surface area contributed by atoms with Crippen molar-refractivity contribution in [2.45, 2.75) is 53.1 Å². The van der Waals surface area contributed by atoms with Crippen LogP contribution < -0.4 is 15.4 Å². The lowest BCUT2D eigenvalue weighted by atomic mass is 9.89. The molecular weight excluding hydrogens is 340 g/mol. The first-order valence-corrected chi connectivity index (χ1v) is 9.33. The fraction of sp³-hybridized carbons (Fsp3) is 0.550. The lowest BCUT2D eigenvalue weighted by Gasteiger charge is -2.22. The van der Waals surface area contributed by atoms with Crippen molar-refractivity contribution >= 4 is 5.96 Å². The summed E-state index contributed by atoms with van der Waals surface area (Å²) in [5.74, 6) is 2.99. The Morgan fingerprint density at radius 2 is 1.96 bits per heavy atom. The van der Waals surface area contributed by atoms with Gasteiger partial charge in [-0.25, -0.2) is 4.98 Å². The zero-order chi connectivity index (χ0) is 19.9. The highest BCUT2D eigenvalue weighted by molar-refractivity contribution is 5.79. The Labute approximate surface area is 162 Å². The highest BCUT2D eigenvalue weighted by Crippen LogP contribution is 2.21. The van der Waals surface area contributed by atoms with Crippen molar-refractivity contribution < 1.29 is 4.74 Å². The van der Waals surface area contributed by atoms with Gasteiger partial charge in [-0.15, -0.1) is 0 Å². The highest BCUT2D eigenvalue weighted by atomic mass is 16.5. The SMILES string of the molecule is CN=C(NCc1nc(-c2ccc(OC)cc2)n[nH]1)NC(C)CCC(C)(C)C. The van der Waals surface area contributed by atoms with Gasteiger partial charge in [0.05, 0.1) is 13.7 Å². The molecule has 0 spiro atoms. The molecule has 0 saturated heterocycles. The van der Waals surface area contributed by atoms with Crippen molar-refractivity contribution in [3.63, 3.8) is 0 Å². The van der Waals surface area contributed by atoms with Gasteiger partial charge in [-0.05, 0) is 49.4 Å². The summed E-state index contributed by atoms with van der Waals surface area (Å²) >= 11 is 0. The van der Waals surface area contributed by atoms with Crippen LogP contribution >= 0.6 is 0 Å². The van der Waals surface area contributed by atoms with E-state index in [0.29, 0.717) is 23.8 Å². The Morgan fingerprint density at radius 1 is 1.26 bits per heavy atom. The van der Waals surface area contributed by atoms with Crippen LogP contribution in [0.2, 0.25) is 0 Å². The van der Waals surface area contributed by atoms with Crippen LogP contribution in [0.1, 0.15) is 46.4 Å². The van der Waals surface area contributed by atoms with Crippen LogP contribution in [0.3, 0.4) is 0 Å². The van der Waals surface area contributed by atoms with E-state index in [2.05, 4.69) is 58.5 Å². The summed E-state index contributed by atoms with van der Waals surface area (Å²) in [5.41, 5.74) is 1.28. The van der Waals surface area contributed by atoms with Crippen LogP contribution in [0.15, 0.2) is 29.3 Å². The molecule has 1 atom stereocenters. The molecule has 1 aromatic carbocycles. The Morgan fingerprint density at radius 3 is 2.56 bits per heavy atom. The number of hydrogen-bond donors (Lipinski definition) is 3. The number of nitrogens with one attached hydrogen (secondary N) is 3. The molecule has 27 heavy (non-hydrogen) atoms. The van der Waals surface area contributed by atoms with Crippen molar-refractivity contribution in [2.75, 3.05) is 14.2 Å². The molecule has 0 fully saturated rings. The lowest BCUT2D eigenvalue weighted by Crippen LogP contribution is -2.42. The average molecular weight is 373 g/mol. The third-order valence-corrected chi connectivity index (χ3v) is 4.24. The second-order valence-electron chi connectivity index (χ2n) is 7.90. The van der Waals surface area contributed by atoms with Crippen LogP contribution in [0.25, 0.3) is 11.4 Å². The molecule has 1 aromatic heterocycles. The van der Waals surface area contributed by atoms with E-state index in [1.807, 2.05) is 24.3 Å². The summed E-state index contributed by atoms with van der Waals surface area (Å²) in [4.78, 5) is 8.83. The Kier molecular flexibility index (Phi) is 7.21. The molecule has 0 aliphatic heterocycles. The fourth-order valence-corrected chi connectivity index (χ4v) is 2.56. The standard InChI is InChI=1S/C20H32N6O/c1-14(11-12-20(2,3)4)23-19(21-5)22-13-17-24-18(26-25-17)15-7-9-16(27-6)10-8-15/h7-10,14H,11-13H2,1-6H3,(H2,21,22,23)(H,24,25,26). The minimum atomic E-state index is 0.338. The van der Waals surface area contributed by atoms with E-state index in [1.54, 1.807) is 14.2 Å². The smallest absolute Gasteiger partial charge is 0.191 e. The molecule has 0 bridgehead atoms. The summed E-state index contributed by atoms with van der Waals surface area (Å²) in [5, 5.41) is 14.0. The minimum absolute atomic E-state index is 0.338. The largest absolute Gasteiger partial charge is 0.497 e. The van der Waals surface area contributed by atoms with Gasteiger partial charge in [0.1, 0.15) is 11.6 Å². The van der Waals surface area contributed by atoms with Crippen LogP contribution in [0.5, 0.6) is 5.75 Å². The van der Waals surface area contributed by atoms with Crippen LogP contribution in [0.4, 0.5) is 0 Å². The van der Waals surface area contributed by atoms with E-state index < -0.39 is 0 Å². The summed E-state index contributed by atoms with van der Waals surface area (Å²) in [7, 11) is 3.42. The third-order valence-electron chi connectivity index (χ3n) is 4.24. The second kappa shape index (κ2) is 9.39. The van der Waals surface area contributed by atoms with Gasteiger partial charge >= 0.3 is 0 Å². The number of nitrogens with zero attached hydrogens (tertiary/aromatic N) is 3. The molecule has 0 saturated carbocycles. The van der Waals surface area contributed by atoms with E-state index in [-0.39, 0.29) is 0 Å². The van der Waals surface area contributed by atoms with Crippen molar-refractivity contribution in [2.24, 2.45) is 10.4 Å². The number of guanidine groups is 1. The van der Waals surface area contributed by atoms with Crippen molar-refractivity contribution in [1.82, 2.24) is 25.8 Å². The zero-order valence-corrected chi connectivity index (χ0v) is 17.3. The predicted molar refractivity (Wildman–Crippen MR) is 110 cm³/mol. The minimum Gasteiger partial charge on any atom is -0.497 e. The summed E-state index contributed by atoms with van der Waals surface area (Å²) in [6.45, 7) is 9.48. The second-order valence-corrected chi connectivity index (χ2v) is 7.90. The fourth-order valence-electron chi connectivity index (χ4n) is 2.56. The maximum Gasteiger partial charge on any atom is 0.191 e. The maximum absolute atomic E-state index is 5.18. The van der Waals surface area contributed by atoms with Gasteiger partial charge in [-0.3, -0.25) is 10.1 Å². The van der Waals surface area contributed by atoms with Gasteiger partial charge in [-0.2, -0.15) is 5.10 Å². The molecule has 0 radical (unpaired) electrons. The van der Waals surface area contributed by atoms with Crippen LogP contribution in [0, 0.1) is 5.41 Å². The van der Waals surface area contributed by atoms with E-state index in [1.165, 1.54) is 0 Å². The monoisotopic (exact) mass is 372 g/mol. The van der Waals surface area contributed by atoms with E-state index in [4.69, 9.17) is 4.74 Å². The molecule has 2 aromatic rings. The summed E-state index contributed by atoms with van der Waals surface area (Å²) in [6, 6.07) is 8.02. The number of hydrogen-bond acceptors (Lipinski definition) is 4. The van der Waals surface area contributed by atoms with Gasteiger partial charge in [0, 0.05) is 18.7 Å². The molecule has 0 amide bonds. The Bertz CT molecular complexity index is 730. The van der Waals surface area contributed by atoms with Gasteiger partial charge in [0.25, 0.3) is 0 Å². The number of H-pyrrole nitrogens is 1. The third kappa shape index (κ3) is 6.92. The number of ether oxygens (including phenoxy) is 1. The number of aliphatic imine (C=N–C) groups is 1. The first kappa shape index (κ1) is 20.7. The molecule has 1 heterocycles. The van der Waals surface area contributed by atoms with Crippen molar-refractivity contribution in [3.8, 4) is 17.1 Å². The molecule has 0 aliphatic rings. The van der Waals surface area contributed by atoms with E-state index >= 15 is 0 Å². The van der Waals surface area contributed by atoms with Crippen LogP contribution in [-0.4, -0.2) is 41.3 Å². The van der Waals surface area contributed by atoms with Gasteiger partial charge in [0.15, 0.2) is 11.8 Å². The first-order valence-electron chi connectivity index (χ1n) is 9.33. The summed E-state index contributed by atoms with van der Waals surface area (Å²) < 4.78 is 5.18. The number of aromatic nitrogens is 3. The molecule has 7 heteroatoms. The first-order chi connectivity index (χ1) is 12.8. The molecule has 7 nitrogen and oxygen atoms in total. The molecule has 3 N–H and O–H groups in total. The molecular formula is C20H32N6O. The van der Waals surface area contributed by atoms with Gasteiger partial charge in [-0.1, -0.05) is 20.8 Å². The van der Waals surface area contributed by atoms with E-state index in [9.17, 15) is 0 Å². The molecule has 0 aliphatic carbocycles. The van der Waals surface area contributed by atoms with Crippen LogP contribution in [-0.2, 0) is 6.54 Å². The van der Waals surface area contributed by atoms with Gasteiger partial charge in [0.2, 0.25) is 0 Å². The van der Waals surface area contributed by atoms with Crippen molar-refractivity contribution in [3.05, 3.63) is 30.1 Å². The maximum atomic E-state index is 5.18. The number of aromatic amines is 1. The number of rotatable bonds is 7. The summed E-state index contributed by atoms with van der Waals surface area (Å²) in [6.07, 6.45) is 2.25. The predicted octanol–water partition coefficient (Wildman–Crippen LogP) is 3.36. The Hall–Kier alpha value is -2.57. The zero-order valence-electron chi connectivity index (χ0n) is 17.3. The number of benzene rings is 1. The number of methoxy groups -OCH3 is 1. The lowest BCUT2D eigenvalue weighted by molar-refractivity contribution is 0.346. The normalized spacial score (nSPS) is 13.3. The Balaban J connectivity index is 1.86. The molecule has 1 unspecified atom stereocenters. The van der Waals surface area contributed by atoms with Crippen molar-refractivity contribution in [1.29, 1.82) is 0 Å². The van der Waals surface area contributed by atoms with Gasteiger partial charge < -0.3 is 15.4 Å². The quantitative estimate of drug-likeness (QED) is 0.512. The average Bonchev–Trinajstić information content (AvgIpc) is 3.12.